The Bertz CT molecular complexity index is 560. The summed E-state index contributed by atoms with van der Waals surface area (Å²) in [6.07, 6.45) is 0.415. The lowest BCUT2D eigenvalue weighted by Gasteiger charge is -2.11. The van der Waals surface area contributed by atoms with Gasteiger partial charge in [0.25, 0.3) is 0 Å². The van der Waals surface area contributed by atoms with Crippen molar-refractivity contribution in [3.05, 3.63) is 48.0 Å². The van der Waals surface area contributed by atoms with Crippen LogP contribution in [-0.4, -0.2) is 19.0 Å². The van der Waals surface area contributed by atoms with E-state index in [4.69, 9.17) is 5.73 Å². The molecule has 2 rings (SSSR count). The molecular weight excluding hydrogens is 236 g/mol. The lowest BCUT2D eigenvalue weighted by Crippen LogP contribution is -2.32. The zero-order chi connectivity index (χ0) is 13.7. The van der Waals surface area contributed by atoms with Gasteiger partial charge in [0.1, 0.15) is 0 Å². The SMILES string of the molecule is CC(CN)CNC(=O)Cc1cccc2ccccc12. The van der Waals surface area contributed by atoms with E-state index >= 15 is 0 Å². The van der Waals surface area contributed by atoms with Gasteiger partial charge in [-0.25, -0.2) is 0 Å². The third-order valence-corrected chi connectivity index (χ3v) is 3.28. The molecule has 3 heteroatoms. The predicted octanol–water partition coefficient (Wildman–Crippen LogP) is 2.09. The second-order valence-electron chi connectivity index (χ2n) is 4.96. The van der Waals surface area contributed by atoms with Gasteiger partial charge in [-0.3, -0.25) is 4.79 Å². The molecular formula is C16H20N2O. The molecule has 0 aliphatic rings. The molecule has 19 heavy (non-hydrogen) atoms. The van der Waals surface area contributed by atoms with Crippen LogP contribution >= 0.6 is 0 Å². The molecule has 1 amide bonds. The molecule has 3 N–H and O–H groups in total. The second kappa shape index (κ2) is 6.34. The van der Waals surface area contributed by atoms with Crippen molar-refractivity contribution in [1.82, 2.24) is 5.32 Å². The van der Waals surface area contributed by atoms with Gasteiger partial charge >= 0.3 is 0 Å². The highest BCUT2D eigenvalue weighted by molar-refractivity contribution is 5.90. The van der Waals surface area contributed by atoms with E-state index in [2.05, 4.69) is 23.5 Å². The van der Waals surface area contributed by atoms with E-state index in [1.807, 2.05) is 31.2 Å². The molecule has 0 bridgehead atoms. The Morgan fingerprint density at radius 1 is 1.21 bits per heavy atom. The van der Waals surface area contributed by atoms with Crippen molar-refractivity contribution in [3.63, 3.8) is 0 Å². The number of amides is 1. The largest absolute Gasteiger partial charge is 0.355 e. The lowest BCUT2D eigenvalue weighted by atomic mass is 10.0. The van der Waals surface area contributed by atoms with E-state index in [0.29, 0.717) is 25.4 Å². The van der Waals surface area contributed by atoms with Crippen LogP contribution in [0.15, 0.2) is 42.5 Å². The van der Waals surface area contributed by atoms with Crippen LogP contribution in [0, 0.1) is 5.92 Å². The fraction of sp³-hybridized carbons (Fsp3) is 0.312. The second-order valence-corrected chi connectivity index (χ2v) is 4.96. The maximum Gasteiger partial charge on any atom is 0.224 e. The standard InChI is InChI=1S/C16H20N2O/c1-12(10-17)11-18-16(19)9-14-7-4-6-13-5-2-3-8-15(13)14/h2-8,12H,9-11,17H2,1H3,(H,18,19). The molecule has 0 heterocycles. The van der Waals surface area contributed by atoms with Crippen molar-refractivity contribution >= 4 is 16.7 Å². The molecule has 0 saturated heterocycles. The van der Waals surface area contributed by atoms with Gasteiger partial charge in [0.05, 0.1) is 6.42 Å². The first-order valence-corrected chi connectivity index (χ1v) is 6.64. The molecule has 0 saturated carbocycles. The molecule has 0 radical (unpaired) electrons. The van der Waals surface area contributed by atoms with E-state index < -0.39 is 0 Å². The quantitative estimate of drug-likeness (QED) is 0.860. The van der Waals surface area contributed by atoms with Gasteiger partial charge in [-0.1, -0.05) is 49.4 Å². The van der Waals surface area contributed by atoms with E-state index in [-0.39, 0.29) is 5.91 Å². The molecule has 0 aliphatic carbocycles. The first-order chi connectivity index (χ1) is 9.20. The molecule has 1 unspecified atom stereocenters. The maximum absolute atomic E-state index is 11.9. The Balaban J connectivity index is 2.07. The Hall–Kier alpha value is -1.87. The highest BCUT2D eigenvalue weighted by Crippen LogP contribution is 2.18. The zero-order valence-corrected chi connectivity index (χ0v) is 11.2. The summed E-state index contributed by atoms with van der Waals surface area (Å²) in [5, 5.41) is 5.24. The molecule has 100 valence electrons. The van der Waals surface area contributed by atoms with Crippen molar-refractivity contribution in [1.29, 1.82) is 0 Å². The number of hydrogen-bond donors (Lipinski definition) is 2. The molecule has 3 nitrogen and oxygen atoms in total. The minimum Gasteiger partial charge on any atom is -0.355 e. The van der Waals surface area contributed by atoms with Crippen LogP contribution in [0.5, 0.6) is 0 Å². The van der Waals surface area contributed by atoms with E-state index in [9.17, 15) is 4.79 Å². The number of hydrogen-bond acceptors (Lipinski definition) is 2. The van der Waals surface area contributed by atoms with Crippen LogP contribution < -0.4 is 11.1 Å². The third-order valence-electron chi connectivity index (χ3n) is 3.28. The maximum atomic E-state index is 11.9. The Kier molecular flexibility index (Phi) is 4.53. The van der Waals surface area contributed by atoms with Crippen LogP contribution in [0.3, 0.4) is 0 Å². The molecule has 0 fully saturated rings. The molecule has 1 atom stereocenters. The van der Waals surface area contributed by atoms with Crippen molar-refractivity contribution in [2.75, 3.05) is 13.1 Å². The third kappa shape index (κ3) is 3.55. The normalized spacial score (nSPS) is 12.3. The summed E-state index contributed by atoms with van der Waals surface area (Å²) in [6.45, 7) is 3.26. The average Bonchev–Trinajstić information content (AvgIpc) is 2.45. The molecule has 0 aromatic heterocycles. The molecule has 0 aliphatic heterocycles. The summed E-state index contributed by atoms with van der Waals surface area (Å²) in [4.78, 5) is 11.9. The molecule has 2 aromatic rings. The van der Waals surface area contributed by atoms with Crippen molar-refractivity contribution < 1.29 is 4.79 Å². The summed E-state index contributed by atoms with van der Waals surface area (Å²) in [5.74, 6) is 0.369. The fourth-order valence-electron chi connectivity index (χ4n) is 2.05. The highest BCUT2D eigenvalue weighted by Gasteiger charge is 2.07. The molecule has 2 aromatic carbocycles. The van der Waals surface area contributed by atoms with Crippen molar-refractivity contribution in [2.45, 2.75) is 13.3 Å². The number of fused-ring (bicyclic) bond motifs is 1. The van der Waals surface area contributed by atoms with Gasteiger partial charge in [-0.15, -0.1) is 0 Å². The Morgan fingerprint density at radius 3 is 2.74 bits per heavy atom. The van der Waals surface area contributed by atoms with Crippen LogP contribution in [0.1, 0.15) is 12.5 Å². The lowest BCUT2D eigenvalue weighted by molar-refractivity contribution is -0.120. The van der Waals surface area contributed by atoms with Crippen LogP contribution in [0.2, 0.25) is 0 Å². The summed E-state index contributed by atoms with van der Waals surface area (Å²) < 4.78 is 0. The van der Waals surface area contributed by atoms with E-state index in [1.165, 1.54) is 5.39 Å². The number of benzene rings is 2. The van der Waals surface area contributed by atoms with E-state index in [1.54, 1.807) is 0 Å². The molecule has 0 spiro atoms. The van der Waals surface area contributed by atoms with Gasteiger partial charge < -0.3 is 11.1 Å². The topological polar surface area (TPSA) is 55.1 Å². The number of rotatable bonds is 5. The Morgan fingerprint density at radius 2 is 1.95 bits per heavy atom. The van der Waals surface area contributed by atoms with Gasteiger partial charge in [0, 0.05) is 6.54 Å². The first-order valence-electron chi connectivity index (χ1n) is 6.64. The predicted molar refractivity (Wildman–Crippen MR) is 78.9 cm³/mol. The Labute approximate surface area is 113 Å². The van der Waals surface area contributed by atoms with Gasteiger partial charge in [0.2, 0.25) is 5.91 Å². The number of carbonyl (C=O) groups excluding carboxylic acids is 1. The summed E-state index contributed by atoms with van der Waals surface area (Å²) >= 11 is 0. The smallest absolute Gasteiger partial charge is 0.224 e. The van der Waals surface area contributed by atoms with Crippen LogP contribution in [0.25, 0.3) is 10.8 Å². The van der Waals surface area contributed by atoms with Crippen molar-refractivity contribution in [3.8, 4) is 0 Å². The van der Waals surface area contributed by atoms with Gasteiger partial charge in [-0.05, 0) is 28.8 Å². The number of nitrogens with two attached hydrogens (primary N) is 1. The van der Waals surface area contributed by atoms with Crippen LogP contribution in [0.4, 0.5) is 0 Å². The number of carbonyl (C=O) groups is 1. The van der Waals surface area contributed by atoms with Gasteiger partial charge in [-0.2, -0.15) is 0 Å². The summed E-state index contributed by atoms with van der Waals surface area (Å²) in [5.41, 5.74) is 6.60. The minimum absolute atomic E-state index is 0.0525. The minimum atomic E-state index is 0.0525. The first kappa shape index (κ1) is 13.6. The van der Waals surface area contributed by atoms with E-state index in [0.717, 1.165) is 10.9 Å². The summed E-state index contributed by atoms with van der Waals surface area (Å²) in [6, 6.07) is 14.2. The highest BCUT2D eigenvalue weighted by atomic mass is 16.1. The van der Waals surface area contributed by atoms with Gasteiger partial charge in [0.15, 0.2) is 0 Å². The zero-order valence-electron chi connectivity index (χ0n) is 11.2. The number of nitrogens with one attached hydrogen (secondary N) is 1. The average molecular weight is 256 g/mol. The summed E-state index contributed by atoms with van der Waals surface area (Å²) in [7, 11) is 0. The monoisotopic (exact) mass is 256 g/mol. The fourth-order valence-corrected chi connectivity index (χ4v) is 2.05. The van der Waals surface area contributed by atoms with Crippen molar-refractivity contribution in [2.24, 2.45) is 11.7 Å². The van der Waals surface area contributed by atoms with Crippen LogP contribution in [-0.2, 0) is 11.2 Å².